The lowest BCUT2D eigenvalue weighted by Gasteiger charge is -2.63. The molecular weight excluding hydrogens is 808 g/mol. The summed E-state index contributed by atoms with van der Waals surface area (Å²) in [4.78, 5) is 25.3. The van der Waals surface area contributed by atoms with Gasteiger partial charge in [-0.05, 0) is 94.0 Å². The Labute approximate surface area is 353 Å². The van der Waals surface area contributed by atoms with Gasteiger partial charge in [0.15, 0.2) is 18.9 Å². The number of ether oxygens (including phenoxy) is 8. The highest BCUT2D eigenvalue weighted by molar-refractivity contribution is 5.85. The van der Waals surface area contributed by atoms with Crippen LogP contribution < -0.4 is 0 Å². The van der Waals surface area contributed by atoms with Gasteiger partial charge in [0.2, 0.25) is 0 Å². The summed E-state index contributed by atoms with van der Waals surface area (Å²) in [5.41, 5.74) is -1.07. The summed E-state index contributed by atoms with van der Waals surface area (Å²) in [5, 5.41) is 96.6. The third-order valence-electron chi connectivity index (χ3n) is 16.3. The fourth-order valence-corrected chi connectivity index (χ4v) is 12.9. The van der Waals surface area contributed by atoms with Crippen LogP contribution in [0.4, 0.5) is 0 Å². The van der Waals surface area contributed by atoms with Crippen LogP contribution in [0.15, 0.2) is 11.6 Å². The van der Waals surface area contributed by atoms with Crippen LogP contribution in [-0.4, -0.2) is 189 Å². The number of hydrogen-bond acceptors (Lipinski definition) is 19. The molecule has 3 saturated heterocycles. The van der Waals surface area contributed by atoms with Gasteiger partial charge in [-0.3, -0.25) is 0 Å². The van der Waals surface area contributed by atoms with Crippen molar-refractivity contribution in [2.24, 2.45) is 34.5 Å². The molecule has 19 nitrogen and oxygen atoms in total. The SMILES string of the molecule is COC1C(O)C(OC2CCC3(C=O)C(CCC4C3CCC3(C)C(C5=CC(=O)OC5)CCC43O)C2)OC(C)C1OC1OC(COC2OC(CO)C(O)C(O)C2O)C(O)C(O)C1O. The third-order valence-corrected chi connectivity index (χ3v) is 16.3. The fourth-order valence-electron chi connectivity index (χ4n) is 12.9. The summed E-state index contributed by atoms with van der Waals surface area (Å²) in [7, 11) is 1.36. The molecule has 0 aromatic carbocycles. The van der Waals surface area contributed by atoms with Crippen LogP contribution in [0, 0.1) is 34.5 Å². The smallest absolute Gasteiger partial charge is 0.331 e. The standard InChI is InChI=1S/C42H64O19/c1-18-35(61-38-33(51)31(49)29(47)26(60-38)16-56-37-32(50)30(48)28(46)25(14-43)59-37)36(54-3)34(52)39(57-18)58-21-6-10-41(17-44)20(13-21)4-5-24-23(41)7-9-40(2)22(8-11-42(24,40)53)19-12-27(45)55-15-19/h12,17-18,20-26,28-39,43,46-53H,4-11,13-16H2,1-3H3. The van der Waals surface area contributed by atoms with E-state index in [4.69, 9.17) is 37.9 Å². The minimum absolute atomic E-state index is 0.000150. The predicted octanol–water partition coefficient (Wildman–Crippen LogP) is -2.06. The second-order valence-electron chi connectivity index (χ2n) is 19.1. The molecule has 7 fully saturated rings. The lowest BCUT2D eigenvalue weighted by atomic mass is 9.43. The molecule has 0 amide bonds. The molecule has 0 aromatic heterocycles. The molecule has 23 unspecified atom stereocenters. The quantitative estimate of drug-likeness (QED) is 0.0613. The number of cyclic esters (lactones) is 1. The van der Waals surface area contributed by atoms with E-state index in [2.05, 4.69) is 6.92 Å². The van der Waals surface area contributed by atoms with E-state index in [-0.39, 0.29) is 42.4 Å². The van der Waals surface area contributed by atoms with Crippen LogP contribution in [-0.2, 0) is 47.5 Å². The summed E-state index contributed by atoms with van der Waals surface area (Å²) in [5.74, 6) is -0.343. The van der Waals surface area contributed by atoms with E-state index in [9.17, 15) is 55.5 Å². The Bertz CT molecular complexity index is 1620. The molecule has 0 radical (unpaired) electrons. The maximum Gasteiger partial charge on any atom is 0.331 e. The van der Waals surface area contributed by atoms with Crippen molar-refractivity contribution in [1.82, 2.24) is 0 Å². The zero-order valence-electron chi connectivity index (χ0n) is 34.8. The number of aliphatic hydroxyl groups excluding tert-OH is 8. The molecule has 8 aliphatic rings. The average Bonchev–Trinajstić information content (AvgIpc) is 3.80. The third kappa shape index (κ3) is 7.64. The summed E-state index contributed by atoms with van der Waals surface area (Å²) in [6.07, 6.45) is -13.2. The Hall–Kier alpha value is -1.76. The van der Waals surface area contributed by atoms with Crippen molar-refractivity contribution in [3.05, 3.63) is 11.6 Å². The van der Waals surface area contributed by atoms with Crippen molar-refractivity contribution >= 4 is 12.3 Å². The van der Waals surface area contributed by atoms with Gasteiger partial charge in [-0.1, -0.05) is 6.92 Å². The van der Waals surface area contributed by atoms with Gasteiger partial charge in [0, 0.05) is 24.0 Å². The van der Waals surface area contributed by atoms with Gasteiger partial charge in [0.25, 0.3) is 0 Å². The number of hydrogen-bond donors (Lipinski definition) is 9. The molecule has 8 rings (SSSR count). The van der Waals surface area contributed by atoms with E-state index in [1.807, 2.05) is 0 Å². The number of aldehydes is 1. The first-order chi connectivity index (χ1) is 29.0. The molecule has 9 N–H and O–H groups in total. The number of carbonyl (C=O) groups excluding carboxylic acids is 2. The second-order valence-corrected chi connectivity index (χ2v) is 19.1. The van der Waals surface area contributed by atoms with Gasteiger partial charge >= 0.3 is 5.97 Å². The van der Waals surface area contributed by atoms with Crippen molar-refractivity contribution in [2.75, 3.05) is 26.9 Å². The Morgan fingerprint density at radius 3 is 2.13 bits per heavy atom. The first kappa shape index (κ1) is 45.8. The van der Waals surface area contributed by atoms with Gasteiger partial charge < -0.3 is 88.6 Å². The molecule has 23 atom stereocenters. The summed E-state index contributed by atoms with van der Waals surface area (Å²) in [6.45, 7) is 2.83. The molecule has 4 heterocycles. The fraction of sp³-hybridized carbons (Fsp3) is 0.905. The number of methoxy groups -OCH3 is 1. The van der Waals surface area contributed by atoms with E-state index in [0.29, 0.717) is 25.7 Å². The molecule has 0 aromatic rings. The van der Waals surface area contributed by atoms with Crippen molar-refractivity contribution < 1.29 is 93.4 Å². The lowest BCUT2D eigenvalue weighted by molar-refractivity contribution is -0.367. The van der Waals surface area contributed by atoms with Crippen LogP contribution in [0.25, 0.3) is 0 Å². The molecule has 4 aliphatic heterocycles. The van der Waals surface area contributed by atoms with E-state index >= 15 is 0 Å². The van der Waals surface area contributed by atoms with E-state index in [1.54, 1.807) is 13.0 Å². The van der Waals surface area contributed by atoms with Gasteiger partial charge in [-0.15, -0.1) is 0 Å². The second kappa shape index (κ2) is 17.6. The van der Waals surface area contributed by atoms with Crippen molar-refractivity contribution in [3.8, 4) is 0 Å². The predicted molar refractivity (Wildman–Crippen MR) is 203 cm³/mol. The Balaban J connectivity index is 0.887. The summed E-state index contributed by atoms with van der Waals surface area (Å²) < 4.78 is 46.4. The average molecular weight is 873 g/mol. The van der Waals surface area contributed by atoms with Crippen LogP contribution in [0.2, 0.25) is 0 Å². The minimum atomic E-state index is -1.79. The van der Waals surface area contributed by atoms with Gasteiger partial charge in [0.1, 0.15) is 80.0 Å². The van der Waals surface area contributed by atoms with Crippen molar-refractivity contribution in [2.45, 2.75) is 175 Å². The van der Waals surface area contributed by atoms with E-state index < -0.39 is 122 Å². The zero-order valence-corrected chi connectivity index (χ0v) is 34.8. The maximum atomic E-state index is 13.3. The monoisotopic (exact) mass is 872 g/mol. The van der Waals surface area contributed by atoms with Crippen LogP contribution in [0.3, 0.4) is 0 Å². The lowest BCUT2D eigenvalue weighted by Crippen LogP contribution is -2.65. The Morgan fingerprint density at radius 2 is 1.46 bits per heavy atom. The molecular formula is C42H64O19. The Kier molecular flexibility index (Phi) is 13.2. The minimum Gasteiger partial charge on any atom is -0.458 e. The molecule has 4 saturated carbocycles. The Morgan fingerprint density at radius 1 is 0.770 bits per heavy atom. The van der Waals surface area contributed by atoms with Crippen molar-refractivity contribution in [1.29, 1.82) is 0 Å². The summed E-state index contributed by atoms with van der Waals surface area (Å²) >= 11 is 0. The molecule has 0 bridgehead atoms. The van der Waals surface area contributed by atoms with Gasteiger partial charge in [-0.25, -0.2) is 4.79 Å². The number of rotatable bonds is 11. The van der Waals surface area contributed by atoms with E-state index in [1.165, 1.54) is 7.11 Å². The number of aliphatic hydroxyl groups is 9. The molecule has 0 spiro atoms. The number of fused-ring (bicyclic) bond motifs is 5. The van der Waals surface area contributed by atoms with Crippen LogP contribution in [0.1, 0.15) is 71.6 Å². The molecule has 4 aliphatic carbocycles. The zero-order chi connectivity index (χ0) is 43.8. The van der Waals surface area contributed by atoms with Gasteiger partial charge in [-0.2, -0.15) is 0 Å². The van der Waals surface area contributed by atoms with Crippen LogP contribution in [0.5, 0.6) is 0 Å². The number of esters is 1. The summed E-state index contributed by atoms with van der Waals surface area (Å²) in [6, 6.07) is 0. The first-order valence-electron chi connectivity index (χ1n) is 21.9. The largest absolute Gasteiger partial charge is 0.458 e. The van der Waals surface area contributed by atoms with E-state index in [0.717, 1.165) is 44.0 Å². The highest BCUT2D eigenvalue weighted by Crippen LogP contribution is 2.69. The van der Waals surface area contributed by atoms with Gasteiger partial charge in [0.05, 0.1) is 31.0 Å². The highest BCUT2D eigenvalue weighted by atomic mass is 16.8. The molecule has 19 heteroatoms. The highest BCUT2D eigenvalue weighted by Gasteiger charge is 2.69. The number of carbonyl (C=O) groups is 2. The maximum absolute atomic E-state index is 13.3. The van der Waals surface area contributed by atoms with Crippen molar-refractivity contribution in [3.63, 3.8) is 0 Å². The first-order valence-corrected chi connectivity index (χ1v) is 21.9. The molecule has 61 heavy (non-hydrogen) atoms. The molecule has 346 valence electrons. The normalized spacial score (nSPS) is 53.6. The van der Waals surface area contributed by atoms with Crippen LogP contribution >= 0.6 is 0 Å². The topological polar surface area (TPSA) is 290 Å².